The molecule has 0 saturated carbocycles. The molecule has 2 atom stereocenters. The van der Waals surface area contributed by atoms with Gasteiger partial charge in [-0.15, -0.1) is 0 Å². The van der Waals surface area contributed by atoms with Gasteiger partial charge in [-0.25, -0.2) is 0 Å². The van der Waals surface area contributed by atoms with Crippen LogP contribution in [0.25, 0.3) is 0 Å². The van der Waals surface area contributed by atoms with Crippen LogP contribution in [0.4, 0.5) is 0 Å². The van der Waals surface area contributed by atoms with Crippen LogP contribution in [0.2, 0.25) is 0 Å². The summed E-state index contributed by atoms with van der Waals surface area (Å²) in [7, 11) is 1.62. The molecule has 0 aliphatic carbocycles. The van der Waals surface area contributed by atoms with E-state index >= 15 is 0 Å². The summed E-state index contributed by atoms with van der Waals surface area (Å²) in [6.45, 7) is 2.58. The Hall–Kier alpha value is -0.120. The highest BCUT2D eigenvalue weighted by atomic mass is 16.8. The van der Waals surface area contributed by atoms with Gasteiger partial charge < -0.3 is 14.2 Å². The number of methoxy groups -OCH3 is 1. The van der Waals surface area contributed by atoms with Crippen molar-refractivity contribution in [3.05, 3.63) is 0 Å². The van der Waals surface area contributed by atoms with E-state index in [-0.39, 0.29) is 12.6 Å². The Labute approximate surface area is 54.9 Å². The molecular weight excluding hydrogens is 120 g/mol. The van der Waals surface area contributed by atoms with Gasteiger partial charge in [-0.3, -0.25) is 0 Å². The summed E-state index contributed by atoms with van der Waals surface area (Å²) in [6, 6.07) is 0. The van der Waals surface area contributed by atoms with Crippen molar-refractivity contribution in [1.82, 2.24) is 0 Å². The minimum absolute atomic E-state index is 0.0463. The predicted molar refractivity (Wildman–Crippen MR) is 31.9 cm³/mol. The van der Waals surface area contributed by atoms with Gasteiger partial charge in [-0.1, -0.05) is 6.92 Å². The van der Waals surface area contributed by atoms with E-state index in [0.717, 1.165) is 6.42 Å². The molecule has 54 valence electrons. The Morgan fingerprint density at radius 2 is 2.44 bits per heavy atom. The molecule has 1 aliphatic rings. The molecule has 0 bridgehead atoms. The molecule has 9 heavy (non-hydrogen) atoms. The monoisotopic (exact) mass is 132 g/mol. The molecule has 1 aliphatic heterocycles. The summed E-state index contributed by atoms with van der Waals surface area (Å²) in [5.74, 6) is 0. The van der Waals surface area contributed by atoms with Crippen molar-refractivity contribution in [2.45, 2.75) is 25.9 Å². The maximum atomic E-state index is 5.22. The SMILES string of the molecule is CCC1OCC(OC)O1. The van der Waals surface area contributed by atoms with Crippen molar-refractivity contribution in [3.63, 3.8) is 0 Å². The second-order valence-electron chi connectivity index (χ2n) is 1.97. The van der Waals surface area contributed by atoms with Gasteiger partial charge in [0.15, 0.2) is 12.6 Å². The fourth-order valence-electron chi connectivity index (χ4n) is 0.771. The normalized spacial score (nSPS) is 35.3. The number of ether oxygens (including phenoxy) is 3. The Balaban J connectivity index is 2.20. The molecule has 3 nitrogen and oxygen atoms in total. The maximum Gasteiger partial charge on any atom is 0.183 e. The van der Waals surface area contributed by atoms with Crippen LogP contribution in [-0.4, -0.2) is 26.3 Å². The molecule has 0 spiro atoms. The van der Waals surface area contributed by atoms with Gasteiger partial charge in [0.05, 0.1) is 0 Å². The van der Waals surface area contributed by atoms with Crippen LogP contribution >= 0.6 is 0 Å². The fraction of sp³-hybridized carbons (Fsp3) is 1.00. The number of hydrogen-bond donors (Lipinski definition) is 0. The van der Waals surface area contributed by atoms with Gasteiger partial charge in [0, 0.05) is 7.11 Å². The zero-order valence-electron chi connectivity index (χ0n) is 5.79. The summed E-state index contributed by atoms with van der Waals surface area (Å²) in [4.78, 5) is 0. The van der Waals surface area contributed by atoms with Crippen molar-refractivity contribution in [2.24, 2.45) is 0 Å². The zero-order valence-corrected chi connectivity index (χ0v) is 5.79. The van der Waals surface area contributed by atoms with Crippen LogP contribution in [0.5, 0.6) is 0 Å². The van der Waals surface area contributed by atoms with Gasteiger partial charge >= 0.3 is 0 Å². The van der Waals surface area contributed by atoms with E-state index in [0.29, 0.717) is 6.61 Å². The van der Waals surface area contributed by atoms with Crippen molar-refractivity contribution in [1.29, 1.82) is 0 Å². The average Bonchev–Trinajstić information content (AvgIpc) is 2.34. The summed E-state index contributed by atoms with van der Waals surface area (Å²) >= 11 is 0. The summed E-state index contributed by atoms with van der Waals surface area (Å²) < 4.78 is 15.3. The Morgan fingerprint density at radius 1 is 1.67 bits per heavy atom. The Morgan fingerprint density at radius 3 is 2.78 bits per heavy atom. The number of hydrogen-bond acceptors (Lipinski definition) is 3. The van der Waals surface area contributed by atoms with E-state index in [1.54, 1.807) is 7.11 Å². The first-order chi connectivity index (χ1) is 4.36. The van der Waals surface area contributed by atoms with Crippen molar-refractivity contribution >= 4 is 0 Å². The molecule has 2 unspecified atom stereocenters. The molecule has 3 heteroatoms. The van der Waals surface area contributed by atoms with Gasteiger partial charge in [-0.05, 0) is 6.42 Å². The zero-order chi connectivity index (χ0) is 6.69. The van der Waals surface area contributed by atoms with E-state index in [1.165, 1.54) is 0 Å². The second-order valence-corrected chi connectivity index (χ2v) is 1.97. The van der Waals surface area contributed by atoms with Crippen LogP contribution < -0.4 is 0 Å². The first kappa shape index (κ1) is 6.99. The lowest BCUT2D eigenvalue weighted by molar-refractivity contribution is -0.130. The maximum absolute atomic E-state index is 5.22. The molecule has 0 amide bonds. The molecule has 0 aromatic heterocycles. The topological polar surface area (TPSA) is 27.7 Å². The minimum Gasteiger partial charge on any atom is -0.353 e. The number of rotatable bonds is 2. The highest BCUT2D eigenvalue weighted by Gasteiger charge is 2.23. The second kappa shape index (κ2) is 3.15. The molecule has 1 saturated heterocycles. The van der Waals surface area contributed by atoms with Crippen molar-refractivity contribution < 1.29 is 14.2 Å². The first-order valence-corrected chi connectivity index (χ1v) is 3.16. The summed E-state index contributed by atoms with van der Waals surface area (Å²) in [5.41, 5.74) is 0. The smallest absolute Gasteiger partial charge is 0.183 e. The quantitative estimate of drug-likeness (QED) is 0.554. The average molecular weight is 132 g/mol. The van der Waals surface area contributed by atoms with Gasteiger partial charge in [0.25, 0.3) is 0 Å². The van der Waals surface area contributed by atoms with E-state index in [2.05, 4.69) is 0 Å². The van der Waals surface area contributed by atoms with Crippen LogP contribution in [0.1, 0.15) is 13.3 Å². The molecule has 0 aromatic carbocycles. The fourth-order valence-corrected chi connectivity index (χ4v) is 0.771. The lowest BCUT2D eigenvalue weighted by atomic mass is 10.5. The third-order valence-corrected chi connectivity index (χ3v) is 1.32. The Kier molecular flexibility index (Phi) is 2.45. The third-order valence-electron chi connectivity index (χ3n) is 1.32. The Bertz CT molecular complexity index is 74.4. The molecule has 0 aromatic rings. The molecule has 0 N–H and O–H groups in total. The molecule has 1 heterocycles. The largest absolute Gasteiger partial charge is 0.353 e. The van der Waals surface area contributed by atoms with Gasteiger partial charge in [0.1, 0.15) is 6.61 Å². The van der Waals surface area contributed by atoms with Crippen molar-refractivity contribution in [2.75, 3.05) is 13.7 Å². The van der Waals surface area contributed by atoms with E-state index in [1.807, 2.05) is 6.92 Å². The van der Waals surface area contributed by atoms with E-state index in [4.69, 9.17) is 14.2 Å². The standard InChI is InChI=1S/C6H12O3/c1-3-5-8-4-6(7-2)9-5/h5-6H,3-4H2,1-2H3. The lowest BCUT2D eigenvalue weighted by Crippen LogP contribution is -2.13. The minimum atomic E-state index is -0.144. The lowest BCUT2D eigenvalue weighted by Gasteiger charge is -2.06. The van der Waals surface area contributed by atoms with Gasteiger partial charge in [0.2, 0.25) is 0 Å². The van der Waals surface area contributed by atoms with Crippen LogP contribution in [-0.2, 0) is 14.2 Å². The summed E-state index contributed by atoms with van der Waals surface area (Å²) in [6.07, 6.45) is 0.699. The highest BCUT2D eigenvalue weighted by Crippen LogP contribution is 2.13. The van der Waals surface area contributed by atoms with Crippen LogP contribution in [0.15, 0.2) is 0 Å². The van der Waals surface area contributed by atoms with Crippen LogP contribution in [0.3, 0.4) is 0 Å². The molecule has 1 rings (SSSR count). The van der Waals surface area contributed by atoms with Crippen molar-refractivity contribution in [3.8, 4) is 0 Å². The molecular formula is C6H12O3. The third kappa shape index (κ3) is 1.64. The van der Waals surface area contributed by atoms with E-state index in [9.17, 15) is 0 Å². The molecule has 1 fully saturated rings. The van der Waals surface area contributed by atoms with Gasteiger partial charge in [-0.2, -0.15) is 0 Å². The van der Waals surface area contributed by atoms with E-state index < -0.39 is 0 Å². The first-order valence-electron chi connectivity index (χ1n) is 3.16. The van der Waals surface area contributed by atoms with Crippen LogP contribution in [0, 0.1) is 0 Å². The summed E-state index contributed by atoms with van der Waals surface area (Å²) in [5, 5.41) is 0. The predicted octanol–water partition coefficient (Wildman–Crippen LogP) is 0.742. The molecule has 0 radical (unpaired) electrons. The highest BCUT2D eigenvalue weighted by molar-refractivity contribution is 4.53.